The van der Waals surface area contributed by atoms with Gasteiger partial charge in [0, 0.05) is 6.20 Å². The van der Waals surface area contributed by atoms with Crippen LogP contribution in [0.25, 0.3) is 0 Å². The van der Waals surface area contributed by atoms with E-state index in [2.05, 4.69) is 10.3 Å². The molecule has 0 saturated heterocycles. The first-order chi connectivity index (χ1) is 10.6. The van der Waals surface area contributed by atoms with Crippen molar-refractivity contribution in [2.75, 3.05) is 11.9 Å². The number of hydrogen-bond donors (Lipinski definition) is 2. The zero-order valence-electron chi connectivity index (χ0n) is 11.4. The number of rotatable bonds is 5. The molecule has 2 aromatic rings. The quantitative estimate of drug-likeness (QED) is 0.649. The van der Waals surface area contributed by atoms with Crippen LogP contribution in [0.5, 0.6) is 0 Å². The van der Waals surface area contributed by atoms with Gasteiger partial charge in [-0.05, 0) is 17.7 Å². The summed E-state index contributed by atoms with van der Waals surface area (Å²) < 4.78 is 4.77. The number of esters is 1. The number of aromatic nitrogens is 1. The van der Waals surface area contributed by atoms with Crippen LogP contribution in [0.15, 0.2) is 48.7 Å². The largest absolute Gasteiger partial charge is 0.453 e. The predicted octanol–water partition coefficient (Wildman–Crippen LogP) is 1.95. The number of anilines is 1. The molecule has 1 amide bonds. The molecule has 2 rings (SSSR count). The third-order valence-electron chi connectivity index (χ3n) is 2.72. The Morgan fingerprint density at radius 1 is 1.23 bits per heavy atom. The van der Waals surface area contributed by atoms with E-state index in [0.29, 0.717) is 11.3 Å². The summed E-state index contributed by atoms with van der Waals surface area (Å²) >= 11 is 5.79. The maximum atomic E-state index is 11.7. The van der Waals surface area contributed by atoms with Gasteiger partial charge in [-0.2, -0.15) is 0 Å². The number of aliphatic hydroxyl groups is 1. The number of halogens is 1. The van der Waals surface area contributed by atoms with E-state index in [4.69, 9.17) is 16.3 Å². The number of hydrogen-bond acceptors (Lipinski definition) is 5. The van der Waals surface area contributed by atoms with E-state index < -0.39 is 24.6 Å². The third-order valence-corrected chi connectivity index (χ3v) is 3.02. The van der Waals surface area contributed by atoms with Crippen molar-refractivity contribution in [3.63, 3.8) is 0 Å². The molecule has 1 atom stereocenters. The number of pyridine rings is 1. The van der Waals surface area contributed by atoms with Crippen molar-refractivity contribution in [2.45, 2.75) is 6.10 Å². The Labute approximate surface area is 131 Å². The number of nitrogens with zero attached hydrogens (tertiary/aromatic N) is 1. The summed E-state index contributed by atoms with van der Waals surface area (Å²) in [7, 11) is 0. The zero-order valence-corrected chi connectivity index (χ0v) is 12.2. The fourth-order valence-corrected chi connectivity index (χ4v) is 1.82. The van der Waals surface area contributed by atoms with Gasteiger partial charge in [0.25, 0.3) is 5.91 Å². The van der Waals surface area contributed by atoms with Gasteiger partial charge in [0.15, 0.2) is 17.9 Å². The summed E-state index contributed by atoms with van der Waals surface area (Å²) in [5.74, 6) is -1.48. The second-order valence-electron chi connectivity index (χ2n) is 4.31. The van der Waals surface area contributed by atoms with Gasteiger partial charge in [-0.3, -0.25) is 4.79 Å². The summed E-state index contributed by atoms with van der Waals surface area (Å²) in [5.41, 5.74) is 0.706. The Bertz CT molecular complexity index is 664. The number of carbonyl (C=O) groups excluding carboxylic acids is 2. The maximum Gasteiger partial charge on any atom is 0.340 e. The lowest BCUT2D eigenvalue weighted by Gasteiger charge is -2.11. The van der Waals surface area contributed by atoms with Gasteiger partial charge in [0.05, 0.1) is 5.69 Å². The standard InChI is InChI=1S/C15H13ClN2O4/c16-14-11(7-4-8-17-14)18-12(19)9-22-15(21)13(20)10-5-2-1-3-6-10/h1-8,13,20H,9H2,(H,18,19)/t13-/m1/s1. The van der Waals surface area contributed by atoms with Gasteiger partial charge in [-0.1, -0.05) is 41.9 Å². The average molecular weight is 321 g/mol. The van der Waals surface area contributed by atoms with Gasteiger partial charge >= 0.3 is 5.97 Å². The Kier molecular flexibility index (Phi) is 5.46. The summed E-state index contributed by atoms with van der Waals surface area (Å²) in [4.78, 5) is 27.1. The van der Waals surface area contributed by atoms with E-state index in [9.17, 15) is 14.7 Å². The molecule has 7 heteroatoms. The zero-order chi connectivity index (χ0) is 15.9. The number of benzene rings is 1. The molecule has 0 spiro atoms. The van der Waals surface area contributed by atoms with Crippen molar-refractivity contribution in [1.29, 1.82) is 0 Å². The molecule has 0 aliphatic rings. The van der Waals surface area contributed by atoms with Crippen molar-refractivity contribution < 1.29 is 19.4 Å². The molecule has 0 radical (unpaired) electrons. The lowest BCUT2D eigenvalue weighted by atomic mass is 10.1. The first kappa shape index (κ1) is 15.9. The van der Waals surface area contributed by atoms with E-state index in [0.717, 1.165) is 0 Å². The molecule has 1 aromatic carbocycles. The van der Waals surface area contributed by atoms with E-state index >= 15 is 0 Å². The van der Waals surface area contributed by atoms with E-state index in [1.54, 1.807) is 42.5 Å². The highest BCUT2D eigenvalue weighted by molar-refractivity contribution is 6.32. The first-order valence-corrected chi connectivity index (χ1v) is 6.75. The van der Waals surface area contributed by atoms with Gasteiger partial charge < -0.3 is 15.2 Å². The maximum absolute atomic E-state index is 11.7. The van der Waals surface area contributed by atoms with E-state index in [-0.39, 0.29) is 5.15 Å². The first-order valence-electron chi connectivity index (χ1n) is 6.38. The second kappa shape index (κ2) is 7.53. The van der Waals surface area contributed by atoms with Crippen LogP contribution in [0.1, 0.15) is 11.7 Å². The van der Waals surface area contributed by atoms with Crippen LogP contribution in [0.3, 0.4) is 0 Å². The lowest BCUT2D eigenvalue weighted by Crippen LogP contribution is -2.24. The lowest BCUT2D eigenvalue weighted by molar-refractivity contribution is -0.156. The highest BCUT2D eigenvalue weighted by atomic mass is 35.5. The van der Waals surface area contributed by atoms with Crippen LogP contribution in [0, 0.1) is 0 Å². The van der Waals surface area contributed by atoms with Gasteiger partial charge in [0.2, 0.25) is 0 Å². The topological polar surface area (TPSA) is 88.5 Å². The van der Waals surface area contributed by atoms with Crippen molar-refractivity contribution in [1.82, 2.24) is 4.98 Å². The van der Waals surface area contributed by atoms with Crippen LogP contribution in [-0.2, 0) is 14.3 Å². The van der Waals surface area contributed by atoms with Crippen molar-refractivity contribution in [3.8, 4) is 0 Å². The SMILES string of the molecule is O=C(COC(=O)[C@H](O)c1ccccc1)Nc1cccnc1Cl. The molecule has 0 fully saturated rings. The Morgan fingerprint density at radius 2 is 1.95 bits per heavy atom. The Morgan fingerprint density at radius 3 is 2.64 bits per heavy atom. The van der Waals surface area contributed by atoms with Crippen molar-refractivity contribution in [3.05, 3.63) is 59.4 Å². The highest BCUT2D eigenvalue weighted by Crippen LogP contribution is 2.17. The highest BCUT2D eigenvalue weighted by Gasteiger charge is 2.19. The van der Waals surface area contributed by atoms with E-state index in [1.807, 2.05) is 0 Å². The number of carbonyl (C=O) groups is 2. The molecular formula is C15H13ClN2O4. The summed E-state index contributed by atoms with van der Waals surface area (Å²) in [6, 6.07) is 11.5. The summed E-state index contributed by atoms with van der Waals surface area (Å²) in [5, 5.41) is 12.4. The third kappa shape index (κ3) is 4.28. The molecule has 0 unspecified atom stereocenters. The molecular weight excluding hydrogens is 308 g/mol. The molecule has 6 nitrogen and oxygen atoms in total. The second-order valence-corrected chi connectivity index (χ2v) is 4.67. The molecule has 1 aromatic heterocycles. The van der Waals surface area contributed by atoms with Gasteiger partial charge in [-0.15, -0.1) is 0 Å². The molecule has 0 aliphatic heterocycles. The van der Waals surface area contributed by atoms with Crippen LogP contribution in [0.4, 0.5) is 5.69 Å². The minimum atomic E-state index is -1.43. The fraction of sp³-hybridized carbons (Fsp3) is 0.133. The van der Waals surface area contributed by atoms with Crippen LogP contribution < -0.4 is 5.32 Å². The summed E-state index contributed by atoms with van der Waals surface area (Å²) in [6.07, 6.45) is 0.0461. The van der Waals surface area contributed by atoms with Gasteiger partial charge in [0.1, 0.15) is 0 Å². The fourth-order valence-electron chi connectivity index (χ4n) is 1.65. The molecule has 114 valence electrons. The Balaban J connectivity index is 1.86. The summed E-state index contributed by atoms with van der Waals surface area (Å²) in [6.45, 7) is -0.534. The Hall–Kier alpha value is -2.44. The number of aliphatic hydroxyl groups excluding tert-OH is 1. The van der Waals surface area contributed by atoms with Crippen molar-refractivity contribution >= 4 is 29.2 Å². The van der Waals surface area contributed by atoms with E-state index in [1.165, 1.54) is 6.20 Å². The van der Waals surface area contributed by atoms with Crippen LogP contribution in [-0.4, -0.2) is 28.6 Å². The smallest absolute Gasteiger partial charge is 0.340 e. The van der Waals surface area contributed by atoms with Gasteiger partial charge in [-0.25, -0.2) is 9.78 Å². The molecule has 1 heterocycles. The normalized spacial score (nSPS) is 11.5. The van der Waals surface area contributed by atoms with Crippen molar-refractivity contribution in [2.24, 2.45) is 0 Å². The van der Waals surface area contributed by atoms with Crippen LogP contribution in [0.2, 0.25) is 5.15 Å². The molecule has 0 saturated carbocycles. The molecule has 22 heavy (non-hydrogen) atoms. The monoisotopic (exact) mass is 320 g/mol. The minimum Gasteiger partial charge on any atom is -0.453 e. The number of ether oxygens (including phenoxy) is 1. The predicted molar refractivity (Wildman–Crippen MR) is 80.2 cm³/mol. The molecule has 2 N–H and O–H groups in total. The van der Waals surface area contributed by atoms with Crippen LogP contribution >= 0.6 is 11.6 Å². The minimum absolute atomic E-state index is 0.131. The molecule has 0 bridgehead atoms. The molecule has 0 aliphatic carbocycles. The number of nitrogens with one attached hydrogen (secondary N) is 1. The number of amides is 1. The average Bonchev–Trinajstić information content (AvgIpc) is 2.55.